The zero-order valence-electron chi connectivity index (χ0n) is 10.4. The van der Waals surface area contributed by atoms with E-state index in [0.717, 1.165) is 12.1 Å². The van der Waals surface area contributed by atoms with E-state index in [-0.39, 0.29) is 33.6 Å². The lowest BCUT2D eigenvalue weighted by Gasteiger charge is -2.08. The van der Waals surface area contributed by atoms with Crippen LogP contribution in [0.4, 0.5) is 17.1 Å². The number of ether oxygens (including phenoxy) is 1. The fraction of sp³-hybridized carbons (Fsp3) is 0. The van der Waals surface area contributed by atoms with Crippen LogP contribution in [0.2, 0.25) is 5.02 Å². The quantitative estimate of drug-likeness (QED) is 0.523. The van der Waals surface area contributed by atoms with Gasteiger partial charge in [-0.15, -0.1) is 0 Å². The van der Waals surface area contributed by atoms with E-state index in [1.807, 2.05) is 0 Å². The average molecular weight is 310 g/mol. The zero-order chi connectivity index (χ0) is 15.6. The largest absolute Gasteiger partial charge is 0.448 e. The molecule has 0 aliphatic carbocycles. The molecule has 0 aliphatic heterocycles. The molecule has 0 saturated carbocycles. The van der Waals surface area contributed by atoms with Crippen LogP contribution in [0, 0.1) is 20.2 Å². The number of hydrogen-bond acceptors (Lipinski definition) is 6. The molecular weight excluding hydrogens is 302 g/mol. The van der Waals surface area contributed by atoms with Crippen molar-refractivity contribution in [1.29, 1.82) is 0 Å². The Morgan fingerprint density at radius 1 is 1.10 bits per heavy atom. The molecule has 108 valence electrons. The van der Waals surface area contributed by atoms with Crippen molar-refractivity contribution in [3.63, 3.8) is 0 Å². The number of para-hydroxylation sites is 1. The van der Waals surface area contributed by atoms with Gasteiger partial charge >= 0.3 is 5.69 Å². The van der Waals surface area contributed by atoms with Gasteiger partial charge in [-0.05, 0) is 6.07 Å². The molecule has 2 aromatic carbocycles. The molecule has 0 amide bonds. The number of nitrogen functional groups attached to an aromatic ring is 1. The molecule has 0 spiro atoms. The number of nitrogens with two attached hydrogens (primary N) is 1. The number of anilines is 1. The maximum Gasteiger partial charge on any atom is 0.313 e. The predicted octanol–water partition coefficient (Wildman–Crippen LogP) is 3.53. The van der Waals surface area contributed by atoms with E-state index in [9.17, 15) is 20.2 Å². The lowest BCUT2D eigenvalue weighted by Crippen LogP contribution is -1.96. The van der Waals surface area contributed by atoms with Gasteiger partial charge in [0.1, 0.15) is 5.75 Å². The summed E-state index contributed by atoms with van der Waals surface area (Å²) in [6.07, 6.45) is 0. The van der Waals surface area contributed by atoms with Gasteiger partial charge in [-0.25, -0.2) is 0 Å². The number of nitro groups is 2. The van der Waals surface area contributed by atoms with Crippen LogP contribution in [0.15, 0.2) is 36.4 Å². The molecule has 0 atom stereocenters. The molecule has 21 heavy (non-hydrogen) atoms. The molecule has 0 bridgehead atoms. The van der Waals surface area contributed by atoms with Crippen LogP contribution in [-0.2, 0) is 0 Å². The van der Waals surface area contributed by atoms with Crippen LogP contribution in [0.1, 0.15) is 0 Å². The van der Waals surface area contributed by atoms with Crippen LogP contribution in [0.25, 0.3) is 0 Å². The summed E-state index contributed by atoms with van der Waals surface area (Å²) in [4.78, 5) is 20.4. The molecule has 2 N–H and O–H groups in total. The number of hydrogen-bond donors (Lipinski definition) is 1. The van der Waals surface area contributed by atoms with Crippen LogP contribution in [0.3, 0.4) is 0 Å². The number of halogens is 1. The SMILES string of the molecule is Nc1cc(Oc2c(Cl)cccc2[N+](=O)[O-])cc([N+](=O)[O-])c1. The molecular formula is C12H8ClN3O5. The molecule has 9 heteroatoms. The van der Waals surface area contributed by atoms with Crippen LogP contribution in [-0.4, -0.2) is 9.85 Å². The van der Waals surface area contributed by atoms with Crippen molar-refractivity contribution in [2.45, 2.75) is 0 Å². The third kappa shape index (κ3) is 3.18. The second-order valence-electron chi connectivity index (χ2n) is 3.96. The molecule has 0 aliphatic rings. The summed E-state index contributed by atoms with van der Waals surface area (Å²) in [5, 5.41) is 21.7. The minimum Gasteiger partial charge on any atom is -0.448 e. The van der Waals surface area contributed by atoms with Crippen LogP contribution < -0.4 is 10.5 Å². The highest BCUT2D eigenvalue weighted by Crippen LogP contribution is 2.39. The Morgan fingerprint density at radius 2 is 1.81 bits per heavy atom. The Morgan fingerprint density at radius 3 is 2.43 bits per heavy atom. The molecule has 2 rings (SSSR count). The molecule has 0 unspecified atom stereocenters. The lowest BCUT2D eigenvalue weighted by atomic mass is 10.2. The molecule has 0 fully saturated rings. The Kier molecular flexibility index (Phi) is 3.90. The number of non-ortho nitro benzene ring substituents is 1. The van der Waals surface area contributed by atoms with Crippen LogP contribution in [0.5, 0.6) is 11.5 Å². The van der Waals surface area contributed by atoms with Crippen molar-refractivity contribution in [2.24, 2.45) is 0 Å². The van der Waals surface area contributed by atoms with Gasteiger partial charge in [0.15, 0.2) is 0 Å². The van der Waals surface area contributed by atoms with E-state index >= 15 is 0 Å². The third-order valence-corrected chi connectivity index (χ3v) is 2.78. The number of nitro benzene ring substituents is 2. The Hall–Kier alpha value is -2.87. The monoisotopic (exact) mass is 309 g/mol. The molecule has 0 radical (unpaired) electrons. The summed E-state index contributed by atoms with van der Waals surface area (Å²) in [6, 6.07) is 7.57. The van der Waals surface area contributed by atoms with Crippen molar-refractivity contribution < 1.29 is 14.6 Å². The first-order valence-corrected chi connectivity index (χ1v) is 5.92. The van der Waals surface area contributed by atoms with Gasteiger partial charge in [-0.3, -0.25) is 20.2 Å². The van der Waals surface area contributed by atoms with Gasteiger partial charge in [-0.2, -0.15) is 0 Å². The lowest BCUT2D eigenvalue weighted by molar-refractivity contribution is -0.386. The minimum atomic E-state index is -0.665. The molecule has 0 saturated heterocycles. The molecule has 0 heterocycles. The first-order valence-electron chi connectivity index (χ1n) is 5.54. The van der Waals surface area contributed by atoms with Gasteiger partial charge in [0, 0.05) is 23.9 Å². The molecule has 8 nitrogen and oxygen atoms in total. The summed E-state index contributed by atoms with van der Waals surface area (Å²) in [5.41, 5.74) is 4.98. The normalized spacial score (nSPS) is 10.1. The second-order valence-corrected chi connectivity index (χ2v) is 4.37. The van der Waals surface area contributed by atoms with E-state index in [1.165, 1.54) is 24.3 Å². The number of rotatable bonds is 4. The van der Waals surface area contributed by atoms with Gasteiger partial charge in [0.25, 0.3) is 5.69 Å². The highest BCUT2D eigenvalue weighted by molar-refractivity contribution is 6.32. The average Bonchev–Trinajstić information content (AvgIpc) is 2.40. The number of benzene rings is 2. The second kappa shape index (κ2) is 5.63. The van der Waals surface area contributed by atoms with Crippen molar-refractivity contribution in [3.05, 3.63) is 61.6 Å². The van der Waals surface area contributed by atoms with Crippen molar-refractivity contribution in [2.75, 3.05) is 5.73 Å². The zero-order valence-corrected chi connectivity index (χ0v) is 11.1. The Balaban J connectivity index is 2.48. The first-order chi connectivity index (χ1) is 9.88. The fourth-order valence-electron chi connectivity index (χ4n) is 1.63. The smallest absolute Gasteiger partial charge is 0.313 e. The summed E-state index contributed by atoms with van der Waals surface area (Å²) in [7, 11) is 0. The van der Waals surface area contributed by atoms with Crippen LogP contribution >= 0.6 is 11.6 Å². The number of nitrogens with zero attached hydrogens (tertiary/aromatic N) is 2. The maximum absolute atomic E-state index is 10.9. The Labute approximate surface area is 123 Å². The van der Waals surface area contributed by atoms with Gasteiger partial charge < -0.3 is 10.5 Å². The standard InChI is InChI=1S/C12H8ClN3O5/c13-10-2-1-3-11(16(19)20)12(10)21-9-5-7(14)4-8(6-9)15(17)18/h1-6H,14H2. The van der Waals surface area contributed by atoms with Gasteiger partial charge in [-0.1, -0.05) is 17.7 Å². The van der Waals surface area contributed by atoms with Crippen molar-refractivity contribution >= 4 is 28.7 Å². The summed E-state index contributed by atoms with van der Waals surface area (Å²) >= 11 is 5.87. The highest BCUT2D eigenvalue weighted by atomic mass is 35.5. The van der Waals surface area contributed by atoms with Gasteiger partial charge in [0.2, 0.25) is 5.75 Å². The third-order valence-electron chi connectivity index (χ3n) is 2.49. The maximum atomic E-state index is 10.9. The van der Waals surface area contributed by atoms with E-state index in [1.54, 1.807) is 0 Å². The van der Waals surface area contributed by atoms with Crippen molar-refractivity contribution in [1.82, 2.24) is 0 Å². The summed E-state index contributed by atoms with van der Waals surface area (Å²) < 4.78 is 5.32. The van der Waals surface area contributed by atoms with Gasteiger partial charge in [0.05, 0.1) is 20.9 Å². The Bertz CT molecular complexity index is 735. The summed E-state index contributed by atoms with van der Waals surface area (Å²) in [6.45, 7) is 0. The van der Waals surface area contributed by atoms with E-state index < -0.39 is 9.85 Å². The van der Waals surface area contributed by atoms with E-state index in [0.29, 0.717) is 0 Å². The van der Waals surface area contributed by atoms with Crippen molar-refractivity contribution in [3.8, 4) is 11.5 Å². The summed E-state index contributed by atoms with van der Waals surface area (Å²) in [5.74, 6) is -0.220. The highest BCUT2D eigenvalue weighted by Gasteiger charge is 2.20. The fourth-order valence-corrected chi connectivity index (χ4v) is 1.84. The van der Waals surface area contributed by atoms with E-state index in [4.69, 9.17) is 22.1 Å². The molecule has 2 aromatic rings. The predicted molar refractivity (Wildman–Crippen MR) is 75.7 cm³/mol. The van der Waals surface area contributed by atoms with E-state index in [2.05, 4.69) is 0 Å². The molecule has 0 aromatic heterocycles. The topological polar surface area (TPSA) is 122 Å². The first kappa shape index (κ1) is 14.5. The minimum absolute atomic E-state index is 0.00859.